The molecule has 7 nitrogen and oxygen atoms in total. The number of furan rings is 1. The van der Waals surface area contributed by atoms with E-state index in [4.69, 9.17) is 9.15 Å². The molecular weight excluding hydrogens is 358 g/mol. The molecule has 0 bridgehead atoms. The van der Waals surface area contributed by atoms with Crippen LogP contribution in [-0.2, 0) is 11.2 Å². The van der Waals surface area contributed by atoms with E-state index in [1.807, 2.05) is 24.3 Å². The first-order valence-electron chi connectivity index (χ1n) is 9.60. The molecular formula is C21H27N3O4. The smallest absolute Gasteiger partial charge is 0.289 e. The van der Waals surface area contributed by atoms with Crippen LogP contribution < -0.4 is 10.1 Å². The van der Waals surface area contributed by atoms with Crippen molar-refractivity contribution in [2.45, 2.75) is 12.8 Å². The predicted octanol–water partition coefficient (Wildman–Crippen LogP) is 1.79. The number of ether oxygens (including phenoxy) is 1. The van der Waals surface area contributed by atoms with Gasteiger partial charge in [-0.2, -0.15) is 0 Å². The van der Waals surface area contributed by atoms with Gasteiger partial charge < -0.3 is 19.4 Å². The number of carbonyl (C=O) groups excluding carboxylic acids is 2. The lowest BCUT2D eigenvalue weighted by Crippen LogP contribution is -2.49. The van der Waals surface area contributed by atoms with Gasteiger partial charge in [0.1, 0.15) is 5.75 Å². The lowest BCUT2D eigenvalue weighted by Gasteiger charge is -2.34. The molecule has 0 spiro atoms. The topological polar surface area (TPSA) is 75.0 Å². The van der Waals surface area contributed by atoms with Crippen molar-refractivity contribution in [2.75, 3.05) is 46.4 Å². The summed E-state index contributed by atoms with van der Waals surface area (Å²) in [7, 11) is 1.65. The zero-order chi connectivity index (χ0) is 19.8. The molecule has 1 fully saturated rings. The van der Waals surface area contributed by atoms with E-state index in [1.165, 1.54) is 6.26 Å². The Hall–Kier alpha value is -2.80. The van der Waals surface area contributed by atoms with Crippen molar-refractivity contribution < 1.29 is 18.7 Å². The van der Waals surface area contributed by atoms with Crippen molar-refractivity contribution in [3.8, 4) is 5.75 Å². The Bertz CT molecular complexity index is 768. The van der Waals surface area contributed by atoms with E-state index in [9.17, 15) is 9.59 Å². The van der Waals surface area contributed by atoms with Crippen molar-refractivity contribution in [1.29, 1.82) is 0 Å². The van der Waals surface area contributed by atoms with Crippen molar-refractivity contribution in [1.82, 2.24) is 15.1 Å². The Balaban J connectivity index is 1.31. The fourth-order valence-electron chi connectivity index (χ4n) is 3.25. The van der Waals surface area contributed by atoms with Crippen LogP contribution in [0.1, 0.15) is 22.5 Å². The fraction of sp³-hybridized carbons (Fsp3) is 0.429. The van der Waals surface area contributed by atoms with Crippen LogP contribution in [0.5, 0.6) is 5.75 Å². The van der Waals surface area contributed by atoms with E-state index >= 15 is 0 Å². The Kier molecular flexibility index (Phi) is 7.08. The maximum Gasteiger partial charge on any atom is 0.289 e. The summed E-state index contributed by atoms with van der Waals surface area (Å²) < 4.78 is 10.4. The largest absolute Gasteiger partial charge is 0.497 e. The molecule has 1 N–H and O–H groups in total. The van der Waals surface area contributed by atoms with Gasteiger partial charge in [-0.25, -0.2) is 0 Å². The van der Waals surface area contributed by atoms with Crippen molar-refractivity contribution >= 4 is 11.8 Å². The molecule has 2 aromatic rings. The SMILES string of the molecule is COc1cccc(CCNC(=O)CCN2CCN(C(=O)c3ccco3)CC2)c1. The van der Waals surface area contributed by atoms with E-state index in [2.05, 4.69) is 10.2 Å². The summed E-state index contributed by atoms with van der Waals surface area (Å²) in [6, 6.07) is 11.3. The maximum absolute atomic E-state index is 12.3. The number of hydrogen-bond donors (Lipinski definition) is 1. The highest BCUT2D eigenvalue weighted by molar-refractivity contribution is 5.91. The number of nitrogens with one attached hydrogen (secondary N) is 1. The Morgan fingerprint density at radius 2 is 1.96 bits per heavy atom. The summed E-state index contributed by atoms with van der Waals surface area (Å²) in [6.07, 6.45) is 2.75. The number of amides is 2. The molecule has 0 unspecified atom stereocenters. The van der Waals surface area contributed by atoms with Crippen LogP contribution in [0.15, 0.2) is 47.1 Å². The number of carbonyl (C=O) groups is 2. The summed E-state index contributed by atoms with van der Waals surface area (Å²) in [5, 5.41) is 2.97. The molecule has 1 aliphatic rings. The first kappa shape index (κ1) is 19.9. The number of benzene rings is 1. The van der Waals surface area contributed by atoms with Gasteiger partial charge in [-0.1, -0.05) is 12.1 Å². The number of methoxy groups -OCH3 is 1. The van der Waals surface area contributed by atoms with Crippen LogP contribution in [0.4, 0.5) is 0 Å². The molecule has 0 saturated carbocycles. The van der Waals surface area contributed by atoms with Crippen molar-refractivity contribution in [2.24, 2.45) is 0 Å². The summed E-state index contributed by atoms with van der Waals surface area (Å²) in [4.78, 5) is 28.3. The van der Waals surface area contributed by atoms with Gasteiger partial charge in [-0.05, 0) is 36.2 Å². The zero-order valence-corrected chi connectivity index (χ0v) is 16.2. The number of nitrogens with zero attached hydrogens (tertiary/aromatic N) is 2. The minimum absolute atomic E-state index is 0.0528. The molecule has 7 heteroatoms. The van der Waals surface area contributed by atoms with Gasteiger partial charge in [0.2, 0.25) is 5.91 Å². The van der Waals surface area contributed by atoms with Crippen molar-refractivity contribution in [3.63, 3.8) is 0 Å². The third kappa shape index (κ3) is 5.60. The fourth-order valence-corrected chi connectivity index (χ4v) is 3.25. The third-order valence-electron chi connectivity index (χ3n) is 4.92. The van der Waals surface area contributed by atoms with Gasteiger partial charge in [0, 0.05) is 45.7 Å². The lowest BCUT2D eigenvalue weighted by atomic mass is 10.1. The quantitative estimate of drug-likeness (QED) is 0.750. The van der Waals surface area contributed by atoms with Crippen LogP contribution in [-0.4, -0.2) is 68.0 Å². The highest BCUT2D eigenvalue weighted by Crippen LogP contribution is 2.12. The second-order valence-electron chi connectivity index (χ2n) is 6.81. The molecule has 1 aromatic heterocycles. The first-order valence-corrected chi connectivity index (χ1v) is 9.60. The lowest BCUT2D eigenvalue weighted by molar-refractivity contribution is -0.121. The second kappa shape index (κ2) is 9.94. The highest BCUT2D eigenvalue weighted by atomic mass is 16.5. The van der Waals surface area contributed by atoms with Gasteiger partial charge in [0.05, 0.1) is 13.4 Å². The van der Waals surface area contributed by atoms with Crippen LogP contribution in [0, 0.1) is 0 Å². The summed E-state index contributed by atoms with van der Waals surface area (Å²) in [6.45, 7) is 4.15. The normalized spacial score (nSPS) is 14.7. The first-order chi connectivity index (χ1) is 13.7. The monoisotopic (exact) mass is 385 g/mol. The van der Waals surface area contributed by atoms with Gasteiger partial charge >= 0.3 is 0 Å². The van der Waals surface area contributed by atoms with Gasteiger partial charge in [0.15, 0.2) is 5.76 Å². The maximum atomic E-state index is 12.3. The van der Waals surface area contributed by atoms with Gasteiger partial charge in [-0.3, -0.25) is 14.5 Å². The number of hydrogen-bond acceptors (Lipinski definition) is 5. The third-order valence-corrected chi connectivity index (χ3v) is 4.92. The Morgan fingerprint density at radius 3 is 2.68 bits per heavy atom. The van der Waals surface area contributed by atoms with Crippen LogP contribution in [0.25, 0.3) is 0 Å². The van der Waals surface area contributed by atoms with Gasteiger partial charge in [0.25, 0.3) is 5.91 Å². The molecule has 2 heterocycles. The van der Waals surface area contributed by atoms with Crippen LogP contribution in [0.2, 0.25) is 0 Å². The minimum Gasteiger partial charge on any atom is -0.497 e. The minimum atomic E-state index is -0.0695. The molecule has 1 aliphatic heterocycles. The molecule has 1 aromatic carbocycles. The predicted molar refractivity (Wildman–Crippen MR) is 105 cm³/mol. The average molecular weight is 385 g/mol. The van der Waals surface area contributed by atoms with E-state index in [0.29, 0.717) is 38.4 Å². The molecule has 3 rings (SSSR count). The number of piperazine rings is 1. The molecule has 2 amide bonds. The van der Waals surface area contributed by atoms with E-state index in [0.717, 1.165) is 30.8 Å². The summed E-state index contributed by atoms with van der Waals surface area (Å²) >= 11 is 0. The second-order valence-corrected chi connectivity index (χ2v) is 6.81. The van der Waals surface area contributed by atoms with Crippen LogP contribution in [0.3, 0.4) is 0 Å². The zero-order valence-electron chi connectivity index (χ0n) is 16.2. The molecule has 28 heavy (non-hydrogen) atoms. The van der Waals surface area contributed by atoms with E-state index in [1.54, 1.807) is 24.1 Å². The Labute approximate surface area is 165 Å². The Morgan fingerprint density at radius 1 is 1.14 bits per heavy atom. The average Bonchev–Trinajstić information content (AvgIpc) is 3.27. The van der Waals surface area contributed by atoms with Crippen molar-refractivity contribution in [3.05, 3.63) is 54.0 Å². The highest BCUT2D eigenvalue weighted by Gasteiger charge is 2.23. The molecule has 0 aliphatic carbocycles. The molecule has 150 valence electrons. The van der Waals surface area contributed by atoms with Crippen LogP contribution >= 0.6 is 0 Å². The van der Waals surface area contributed by atoms with E-state index in [-0.39, 0.29) is 11.8 Å². The summed E-state index contributed by atoms with van der Waals surface area (Å²) in [5.74, 6) is 1.19. The molecule has 0 radical (unpaired) electrons. The van der Waals surface area contributed by atoms with Gasteiger partial charge in [-0.15, -0.1) is 0 Å². The summed E-state index contributed by atoms with van der Waals surface area (Å²) in [5.41, 5.74) is 1.14. The van der Waals surface area contributed by atoms with E-state index < -0.39 is 0 Å². The molecule has 0 atom stereocenters. The molecule has 1 saturated heterocycles. The standard InChI is InChI=1S/C21H27N3O4/c1-27-18-5-2-4-17(16-18)7-9-22-20(25)8-10-23-11-13-24(14-12-23)21(26)19-6-3-15-28-19/h2-6,15-16H,7-14H2,1H3,(H,22,25). The number of rotatable bonds is 8.